The predicted octanol–water partition coefficient (Wildman–Crippen LogP) is 3.44. The molecule has 15 heteroatoms. The average molecular weight is 632 g/mol. The smallest absolute Gasteiger partial charge is 0.368 e. The zero-order chi connectivity index (χ0) is 32.5. The third-order valence-electron chi connectivity index (χ3n) is 8.85. The number of nitrogens with one attached hydrogen (secondary N) is 1. The molecule has 0 saturated carbocycles. The van der Waals surface area contributed by atoms with Crippen LogP contribution in [0.4, 0.5) is 26.2 Å². The summed E-state index contributed by atoms with van der Waals surface area (Å²) < 4.78 is 49.8. The van der Waals surface area contributed by atoms with Gasteiger partial charge in [-0.05, 0) is 76.4 Å². The van der Waals surface area contributed by atoms with E-state index in [1.807, 2.05) is 11.8 Å². The number of nitrogens with zero attached hydrogens (tertiary/aromatic N) is 8. The van der Waals surface area contributed by atoms with E-state index in [0.29, 0.717) is 12.6 Å². The SMILES string of the molecule is CO[C@@H](C)COc1cc(F)c(Nc2ncc(F)c(N(C[C@H](C)OC)[C@@H]3C[C@@H]4CCCN4C(C)(C)C3)n2)cc1-n1nnn(C)c1=O. The molecule has 0 spiro atoms. The number of rotatable bonds is 12. The Morgan fingerprint density at radius 3 is 2.58 bits per heavy atom. The summed E-state index contributed by atoms with van der Waals surface area (Å²) in [5, 5.41) is 10.5. The van der Waals surface area contributed by atoms with Crippen molar-refractivity contribution in [2.45, 2.75) is 83.2 Å². The standard InChI is InChI=1S/C30H43F2N9O4/c1-18(43-6)16-39(21-11-20-9-8-10-40(20)30(3,4)14-21)27-23(32)15-33-28(35-27)34-24-13-25(41-29(42)38(5)36-37-41)26(12-22(24)31)45-17-19(2)44-7/h12-13,15,18-21H,8-11,14,16-17H2,1-7H3,(H,33,34,35)/t18-,19-,20-,21+/m0/s1. The maximum absolute atomic E-state index is 15.6. The van der Waals surface area contributed by atoms with Crippen molar-refractivity contribution in [2.75, 3.05) is 44.1 Å². The quantitative estimate of drug-likeness (QED) is 0.316. The molecule has 3 aromatic rings. The first-order chi connectivity index (χ1) is 21.4. The van der Waals surface area contributed by atoms with Gasteiger partial charge in [0, 0.05) is 51.5 Å². The van der Waals surface area contributed by atoms with Gasteiger partial charge in [-0.2, -0.15) is 14.3 Å². The molecule has 4 atom stereocenters. The molecule has 0 bridgehead atoms. The van der Waals surface area contributed by atoms with Crippen LogP contribution in [-0.4, -0.2) is 98.4 Å². The van der Waals surface area contributed by atoms with Gasteiger partial charge in [0.15, 0.2) is 17.5 Å². The zero-order valence-corrected chi connectivity index (χ0v) is 27.0. The van der Waals surface area contributed by atoms with E-state index in [0.717, 1.165) is 53.9 Å². The van der Waals surface area contributed by atoms with Gasteiger partial charge in [-0.3, -0.25) is 4.90 Å². The Bertz CT molecular complexity index is 1550. The summed E-state index contributed by atoms with van der Waals surface area (Å²) in [5.41, 5.74) is -0.545. The third kappa shape index (κ3) is 6.94. The van der Waals surface area contributed by atoms with Crippen molar-refractivity contribution in [2.24, 2.45) is 7.05 Å². The maximum Gasteiger partial charge on any atom is 0.368 e. The van der Waals surface area contributed by atoms with Crippen LogP contribution in [0, 0.1) is 11.6 Å². The molecule has 2 aromatic heterocycles. The predicted molar refractivity (Wildman–Crippen MR) is 164 cm³/mol. The maximum atomic E-state index is 15.6. The molecule has 0 unspecified atom stereocenters. The average Bonchev–Trinajstić information content (AvgIpc) is 3.63. The molecule has 2 aliphatic rings. The first-order valence-corrected chi connectivity index (χ1v) is 15.3. The van der Waals surface area contributed by atoms with E-state index in [1.54, 1.807) is 14.0 Å². The van der Waals surface area contributed by atoms with Crippen LogP contribution < -0.4 is 20.6 Å². The molecule has 2 fully saturated rings. The Kier molecular flexibility index (Phi) is 9.70. The second kappa shape index (κ2) is 13.3. The first-order valence-electron chi connectivity index (χ1n) is 15.3. The monoisotopic (exact) mass is 631 g/mol. The number of benzene rings is 1. The highest BCUT2D eigenvalue weighted by Crippen LogP contribution is 2.41. The van der Waals surface area contributed by atoms with Crippen molar-refractivity contribution in [3.63, 3.8) is 0 Å². The number of methoxy groups -OCH3 is 2. The molecule has 0 amide bonds. The lowest BCUT2D eigenvalue weighted by atomic mass is 9.83. The van der Waals surface area contributed by atoms with Crippen LogP contribution in [-0.2, 0) is 16.5 Å². The Morgan fingerprint density at radius 1 is 1.13 bits per heavy atom. The normalized spacial score (nSPS) is 20.9. The van der Waals surface area contributed by atoms with Crippen LogP contribution in [0.3, 0.4) is 0 Å². The van der Waals surface area contributed by atoms with Gasteiger partial charge >= 0.3 is 5.69 Å². The summed E-state index contributed by atoms with van der Waals surface area (Å²) in [7, 11) is 4.60. The topological polar surface area (TPSA) is 125 Å². The fourth-order valence-corrected chi connectivity index (χ4v) is 6.37. The number of hydrogen-bond donors (Lipinski definition) is 1. The number of aryl methyl sites for hydroxylation is 1. The molecule has 4 heterocycles. The molecule has 0 aliphatic carbocycles. The summed E-state index contributed by atoms with van der Waals surface area (Å²) >= 11 is 0. The summed E-state index contributed by atoms with van der Waals surface area (Å²) in [6.45, 7) is 9.79. The molecule has 2 saturated heterocycles. The van der Waals surface area contributed by atoms with Gasteiger partial charge in [0.1, 0.15) is 18.0 Å². The van der Waals surface area contributed by atoms with E-state index in [9.17, 15) is 4.79 Å². The number of anilines is 3. The molecule has 13 nitrogen and oxygen atoms in total. The van der Waals surface area contributed by atoms with Crippen LogP contribution in [0.5, 0.6) is 5.75 Å². The minimum atomic E-state index is -0.703. The minimum absolute atomic E-state index is 0.00648. The molecule has 246 valence electrons. The van der Waals surface area contributed by atoms with E-state index < -0.39 is 17.3 Å². The van der Waals surface area contributed by atoms with Crippen LogP contribution in [0.1, 0.15) is 53.4 Å². The lowest BCUT2D eigenvalue weighted by molar-refractivity contribution is 0.0402. The van der Waals surface area contributed by atoms with Gasteiger partial charge in [0.2, 0.25) is 5.95 Å². The Balaban J connectivity index is 1.50. The molecule has 45 heavy (non-hydrogen) atoms. The van der Waals surface area contributed by atoms with Gasteiger partial charge in [0.25, 0.3) is 0 Å². The van der Waals surface area contributed by atoms with Crippen LogP contribution in [0.2, 0.25) is 0 Å². The van der Waals surface area contributed by atoms with E-state index >= 15 is 8.78 Å². The van der Waals surface area contributed by atoms with E-state index in [2.05, 4.69) is 44.5 Å². The summed E-state index contributed by atoms with van der Waals surface area (Å²) in [4.78, 5) is 26.0. The highest BCUT2D eigenvalue weighted by atomic mass is 19.1. The van der Waals surface area contributed by atoms with Crippen molar-refractivity contribution in [1.29, 1.82) is 0 Å². The zero-order valence-electron chi connectivity index (χ0n) is 27.0. The van der Waals surface area contributed by atoms with Gasteiger partial charge < -0.3 is 24.4 Å². The highest BCUT2D eigenvalue weighted by Gasteiger charge is 2.45. The van der Waals surface area contributed by atoms with Gasteiger partial charge in [0.05, 0.1) is 24.1 Å². The fraction of sp³-hybridized carbons (Fsp3) is 0.633. The largest absolute Gasteiger partial charge is 0.489 e. The van der Waals surface area contributed by atoms with Gasteiger partial charge in [-0.25, -0.2) is 18.6 Å². The summed E-state index contributed by atoms with van der Waals surface area (Å²) in [6.07, 6.45) is 4.54. The lowest BCUT2D eigenvalue weighted by Crippen LogP contribution is -2.58. The van der Waals surface area contributed by atoms with Crippen LogP contribution in [0.25, 0.3) is 5.69 Å². The lowest BCUT2D eigenvalue weighted by Gasteiger charge is -2.50. The van der Waals surface area contributed by atoms with Gasteiger partial charge in [-0.15, -0.1) is 0 Å². The Morgan fingerprint density at radius 2 is 1.89 bits per heavy atom. The minimum Gasteiger partial charge on any atom is -0.489 e. The van der Waals surface area contributed by atoms with Crippen molar-refractivity contribution >= 4 is 17.5 Å². The van der Waals surface area contributed by atoms with E-state index in [4.69, 9.17) is 14.2 Å². The number of ether oxygens (including phenoxy) is 3. The summed E-state index contributed by atoms with van der Waals surface area (Å²) in [6, 6.07) is 2.90. The molecular formula is C30H43F2N9O4. The van der Waals surface area contributed by atoms with Gasteiger partial charge in [-0.1, -0.05) is 0 Å². The second-order valence-corrected chi connectivity index (χ2v) is 12.5. The highest BCUT2D eigenvalue weighted by molar-refractivity contribution is 5.63. The molecule has 2 aliphatic heterocycles. The number of tetrazole rings is 1. The van der Waals surface area contributed by atoms with Crippen LogP contribution >= 0.6 is 0 Å². The first kappa shape index (κ1) is 32.7. The Labute approximate surface area is 261 Å². The molecule has 5 rings (SSSR count). The summed E-state index contributed by atoms with van der Waals surface area (Å²) in [5.74, 6) is -1.13. The molecule has 1 aromatic carbocycles. The molecule has 1 N–H and O–H groups in total. The van der Waals surface area contributed by atoms with E-state index in [1.165, 1.54) is 20.2 Å². The van der Waals surface area contributed by atoms with E-state index in [-0.39, 0.29) is 59.3 Å². The number of aromatic nitrogens is 6. The number of hydrogen-bond acceptors (Lipinski definition) is 11. The number of fused-ring (bicyclic) bond motifs is 1. The number of piperidine rings is 1. The molecule has 0 radical (unpaired) electrons. The Hall–Kier alpha value is -3.69. The van der Waals surface area contributed by atoms with Crippen LogP contribution in [0.15, 0.2) is 23.1 Å². The third-order valence-corrected chi connectivity index (χ3v) is 8.85. The fourth-order valence-electron chi connectivity index (χ4n) is 6.37. The number of halogens is 2. The van der Waals surface area contributed by atoms with Crippen molar-refractivity contribution < 1.29 is 23.0 Å². The second-order valence-electron chi connectivity index (χ2n) is 12.5. The van der Waals surface area contributed by atoms with Crippen molar-refractivity contribution in [3.8, 4) is 11.4 Å². The molecular weight excluding hydrogens is 588 g/mol. The van der Waals surface area contributed by atoms with Crippen molar-refractivity contribution in [1.82, 2.24) is 34.7 Å². The van der Waals surface area contributed by atoms with Crippen molar-refractivity contribution in [3.05, 3.63) is 40.4 Å².